The number of anilines is 1. The van der Waals surface area contributed by atoms with Crippen LogP contribution in [-0.2, 0) is 26.2 Å². The van der Waals surface area contributed by atoms with Gasteiger partial charge in [0.25, 0.3) is 0 Å². The number of nitrogens with zero attached hydrogens (tertiary/aromatic N) is 2. The molecule has 1 atom stereocenters. The summed E-state index contributed by atoms with van der Waals surface area (Å²) in [4.78, 5) is 27.6. The molecule has 0 saturated carbocycles. The molecule has 0 radical (unpaired) electrons. The molecule has 0 unspecified atom stereocenters. The summed E-state index contributed by atoms with van der Waals surface area (Å²) >= 11 is 6.11. The van der Waals surface area contributed by atoms with Crippen LogP contribution >= 0.6 is 11.6 Å². The third kappa shape index (κ3) is 7.02. The van der Waals surface area contributed by atoms with E-state index in [9.17, 15) is 18.0 Å². The van der Waals surface area contributed by atoms with Crippen molar-refractivity contribution in [2.24, 2.45) is 0 Å². The molecule has 0 bridgehead atoms. The Morgan fingerprint density at radius 1 is 1.11 bits per heavy atom. The summed E-state index contributed by atoms with van der Waals surface area (Å²) in [6.45, 7) is 4.33. The number of amides is 2. The van der Waals surface area contributed by atoms with Crippen LogP contribution in [0.5, 0.6) is 11.5 Å². The number of sulfonamides is 1. The van der Waals surface area contributed by atoms with Gasteiger partial charge in [-0.25, -0.2) is 8.42 Å². The zero-order valence-electron chi connectivity index (χ0n) is 20.0. The van der Waals surface area contributed by atoms with Crippen LogP contribution in [0, 0.1) is 0 Å². The summed E-state index contributed by atoms with van der Waals surface area (Å²) in [5.41, 5.74) is 0.974. The molecule has 2 aromatic rings. The first-order valence-electron chi connectivity index (χ1n) is 11.3. The first-order chi connectivity index (χ1) is 16.6. The number of nitrogens with one attached hydrogen (secondary N) is 1. The van der Waals surface area contributed by atoms with Crippen LogP contribution in [0.3, 0.4) is 0 Å². The molecule has 0 saturated heterocycles. The highest BCUT2D eigenvalue weighted by molar-refractivity contribution is 7.92. The number of carbonyl (C=O) groups excluding carboxylic acids is 2. The van der Waals surface area contributed by atoms with Crippen LogP contribution < -0.4 is 19.1 Å². The highest BCUT2D eigenvalue weighted by atomic mass is 35.5. The Balaban J connectivity index is 1.90. The highest BCUT2D eigenvalue weighted by Crippen LogP contribution is 2.34. The van der Waals surface area contributed by atoms with E-state index in [0.717, 1.165) is 17.0 Å². The monoisotopic (exact) mass is 523 g/mol. The average Bonchev–Trinajstić information content (AvgIpc) is 2.82. The second kappa shape index (κ2) is 11.6. The van der Waals surface area contributed by atoms with Crippen LogP contribution in [0.25, 0.3) is 0 Å². The molecule has 3 rings (SSSR count). The smallest absolute Gasteiger partial charge is 0.244 e. The van der Waals surface area contributed by atoms with Gasteiger partial charge in [-0.1, -0.05) is 30.7 Å². The number of hydrogen-bond donors (Lipinski definition) is 1. The summed E-state index contributed by atoms with van der Waals surface area (Å²) in [5, 5.41) is 3.29. The Labute approximate surface area is 211 Å². The normalized spacial score (nSPS) is 13.6. The lowest BCUT2D eigenvalue weighted by Crippen LogP contribution is -2.51. The SMILES string of the molecule is CCCNC(=O)[C@H](C)N(Cc1cccc(Cl)c1)C(=O)CN(c1ccc2c(c1)OCCO2)S(C)(=O)=O. The Kier molecular flexibility index (Phi) is 8.85. The van der Waals surface area contributed by atoms with Gasteiger partial charge in [0.05, 0.1) is 11.9 Å². The van der Waals surface area contributed by atoms with Crippen molar-refractivity contribution in [3.05, 3.63) is 53.1 Å². The van der Waals surface area contributed by atoms with E-state index in [0.29, 0.717) is 41.8 Å². The minimum atomic E-state index is -3.84. The summed E-state index contributed by atoms with van der Waals surface area (Å²) in [7, 11) is -3.84. The molecule has 2 aromatic carbocycles. The number of carbonyl (C=O) groups is 2. The summed E-state index contributed by atoms with van der Waals surface area (Å²) in [6, 6.07) is 10.8. The molecular weight excluding hydrogens is 494 g/mol. The van der Waals surface area contributed by atoms with Gasteiger partial charge in [0, 0.05) is 24.2 Å². The van der Waals surface area contributed by atoms with E-state index in [4.69, 9.17) is 21.1 Å². The largest absolute Gasteiger partial charge is 0.486 e. The lowest BCUT2D eigenvalue weighted by atomic mass is 10.1. The molecule has 190 valence electrons. The van der Waals surface area contributed by atoms with Crippen LogP contribution in [0.4, 0.5) is 5.69 Å². The maximum atomic E-state index is 13.5. The summed E-state index contributed by atoms with van der Waals surface area (Å²) < 4.78 is 37.5. The zero-order valence-corrected chi connectivity index (χ0v) is 21.6. The van der Waals surface area contributed by atoms with E-state index >= 15 is 0 Å². The van der Waals surface area contributed by atoms with E-state index < -0.39 is 28.5 Å². The Bertz CT molecular complexity index is 1170. The van der Waals surface area contributed by atoms with E-state index in [1.807, 2.05) is 6.92 Å². The fourth-order valence-corrected chi connectivity index (χ4v) is 4.67. The van der Waals surface area contributed by atoms with Crippen molar-refractivity contribution in [2.45, 2.75) is 32.9 Å². The number of halogens is 1. The molecule has 1 aliphatic heterocycles. The maximum absolute atomic E-state index is 13.5. The maximum Gasteiger partial charge on any atom is 0.244 e. The second-order valence-electron chi connectivity index (χ2n) is 8.22. The molecular formula is C24H30ClN3O6S. The predicted molar refractivity (Wildman–Crippen MR) is 134 cm³/mol. The van der Waals surface area contributed by atoms with Crippen molar-refractivity contribution in [3.8, 4) is 11.5 Å². The van der Waals surface area contributed by atoms with Gasteiger partial charge in [0.1, 0.15) is 25.8 Å². The summed E-state index contributed by atoms with van der Waals surface area (Å²) in [6.07, 6.45) is 1.77. The van der Waals surface area contributed by atoms with Gasteiger partial charge in [0.15, 0.2) is 11.5 Å². The Morgan fingerprint density at radius 3 is 2.49 bits per heavy atom. The molecule has 0 spiro atoms. The van der Waals surface area contributed by atoms with Gasteiger partial charge < -0.3 is 19.7 Å². The lowest BCUT2D eigenvalue weighted by Gasteiger charge is -2.31. The molecule has 35 heavy (non-hydrogen) atoms. The van der Waals surface area contributed by atoms with Crippen molar-refractivity contribution in [3.63, 3.8) is 0 Å². The highest BCUT2D eigenvalue weighted by Gasteiger charge is 2.30. The predicted octanol–water partition coefficient (Wildman–Crippen LogP) is 2.82. The Morgan fingerprint density at radius 2 is 1.83 bits per heavy atom. The molecule has 2 amide bonds. The topological polar surface area (TPSA) is 105 Å². The van der Waals surface area contributed by atoms with Gasteiger partial charge in [-0.15, -0.1) is 0 Å². The van der Waals surface area contributed by atoms with Gasteiger partial charge in [-0.3, -0.25) is 13.9 Å². The average molecular weight is 524 g/mol. The molecule has 0 aliphatic carbocycles. The number of ether oxygens (including phenoxy) is 2. The number of rotatable bonds is 10. The van der Waals surface area contributed by atoms with Crippen molar-refractivity contribution in [1.82, 2.24) is 10.2 Å². The standard InChI is InChI=1S/C24H30ClN3O6S/c1-4-10-26-24(30)17(2)27(15-18-6-5-7-19(25)13-18)23(29)16-28(35(3,31)32)20-8-9-21-22(14-20)34-12-11-33-21/h5-9,13-14,17H,4,10-12,15-16H2,1-3H3,(H,26,30)/t17-/m0/s1. The van der Waals surface area contributed by atoms with Gasteiger partial charge >= 0.3 is 0 Å². The third-order valence-electron chi connectivity index (χ3n) is 5.45. The first kappa shape index (κ1) is 26.6. The van der Waals surface area contributed by atoms with Crippen molar-refractivity contribution < 1.29 is 27.5 Å². The molecule has 9 nitrogen and oxygen atoms in total. The number of hydrogen-bond acceptors (Lipinski definition) is 6. The molecule has 0 aromatic heterocycles. The first-order valence-corrected chi connectivity index (χ1v) is 13.5. The van der Waals surface area contributed by atoms with E-state index in [1.54, 1.807) is 43.3 Å². The van der Waals surface area contributed by atoms with Crippen LogP contribution in [0.2, 0.25) is 5.02 Å². The van der Waals surface area contributed by atoms with Crippen LogP contribution in [0.15, 0.2) is 42.5 Å². The van der Waals surface area contributed by atoms with E-state index in [-0.39, 0.29) is 18.1 Å². The van der Waals surface area contributed by atoms with Crippen molar-refractivity contribution >= 4 is 39.1 Å². The molecule has 1 heterocycles. The van der Waals surface area contributed by atoms with E-state index in [2.05, 4.69) is 5.32 Å². The molecule has 0 fully saturated rings. The molecule has 11 heteroatoms. The second-order valence-corrected chi connectivity index (χ2v) is 10.6. The lowest BCUT2D eigenvalue weighted by molar-refractivity contribution is -0.139. The van der Waals surface area contributed by atoms with Gasteiger partial charge in [-0.2, -0.15) is 0 Å². The quantitative estimate of drug-likeness (QED) is 0.513. The zero-order chi connectivity index (χ0) is 25.6. The van der Waals surface area contributed by atoms with Crippen LogP contribution in [-0.4, -0.2) is 63.7 Å². The van der Waals surface area contributed by atoms with Crippen molar-refractivity contribution in [2.75, 3.05) is 36.9 Å². The number of benzene rings is 2. The molecule has 1 aliphatic rings. The minimum absolute atomic E-state index is 0.0822. The Hall–Kier alpha value is -2.98. The van der Waals surface area contributed by atoms with Crippen LogP contribution in [0.1, 0.15) is 25.8 Å². The van der Waals surface area contributed by atoms with E-state index in [1.165, 1.54) is 11.0 Å². The minimum Gasteiger partial charge on any atom is -0.486 e. The fraction of sp³-hybridized carbons (Fsp3) is 0.417. The number of fused-ring (bicyclic) bond motifs is 1. The van der Waals surface area contributed by atoms with Gasteiger partial charge in [0.2, 0.25) is 21.8 Å². The summed E-state index contributed by atoms with van der Waals surface area (Å²) in [5.74, 6) is 0.0402. The van der Waals surface area contributed by atoms with Crippen molar-refractivity contribution in [1.29, 1.82) is 0 Å². The fourth-order valence-electron chi connectivity index (χ4n) is 3.61. The van der Waals surface area contributed by atoms with Gasteiger partial charge in [-0.05, 0) is 43.2 Å². The third-order valence-corrected chi connectivity index (χ3v) is 6.83. The molecule has 1 N–H and O–H groups in total.